The summed E-state index contributed by atoms with van der Waals surface area (Å²) in [5.41, 5.74) is 1.84. The molecule has 0 aliphatic carbocycles. The number of aromatic nitrogens is 1. The number of nitrogens with zero attached hydrogens (tertiary/aromatic N) is 2. The third-order valence-corrected chi connectivity index (χ3v) is 3.87. The van der Waals surface area contributed by atoms with Crippen LogP contribution in [-0.2, 0) is 4.79 Å². The summed E-state index contributed by atoms with van der Waals surface area (Å²) in [6.07, 6.45) is 1.60. The molecule has 0 amide bonds. The summed E-state index contributed by atoms with van der Waals surface area (Å²) in [5.74, 6) is -0.795. The molecule has 1 heterocycles. The van der Waals surface area contributed by atoms with Crippen LogP contribution in [-0.4, -0.2) is 23.2 Å². The van der Waals surface area contributed by atoms with Gasteiger partial charge in [-0.05, 0) is 23.8 Å². The molecule has 0 atom stereocenters. The van der Waals surface area contributed by atoms with E-state index in [-0.39, 0.29) is 5.57 Å². The molecule has 0 fully saturated rings. The highest BCUT2D eigenvalue weighted by Gasteiger charge is 2.22. The second-order valence-electron chi connectivity index (χ2n) is 5.24. The predicted molar refractivity (Wildman–Crippen MR) is 94.0 cm³/mol. The fraction of sp³-hybridized carbons (Fsp3) is 0.0500. The molecular formula is C20H14N2O3. The Balaban J connectivity index is 2.45. The number of hydrogen-bond donors (Lipinski definition) is 1. The number of rotatable bonds is 4. The van der Waals surface area contributed by atoms with Crippen molar-refractivity contribution in [1.82, 2.24) is 4.98 Å². The first kappa shape index (κ1) is 16.2. The van der Waals surface area contributed by atoms with Crippen LogP contribution in [0, 0.1) is 11.3 Å². The molecule has 0 saturated heterocycles. The Hall–Kier alpha value is -3.65. The molecule has 122 valence electrons. The fourth-order valence-corrected chi connectivity index (χ4v) is 2.79. The molecule has 0 bridgehead atoms. The first-order valence-corrected chi connectivity index (χ1v) is 7.52. The Kier molecular flexibility index (Phi) is 4.44. The molecule has 0 radical (unpaired) electrons. The number of nitriles is 1. The molecule has 0 spiro atoms. The molecule has 5 nitrogen and oxygen atoms in total. The van der Waals surface area contributed by atoms with Gasteiger partial charge < -0.3 is 9.84 Å². The molecule has 1 aromatic heterocycles. The highest BCUT2D eigenvalue weighted by atomic mass is 16.5. The Morgan fingerprint density at radius 3 is 2.52 bits per heavy atom. The van der Waals surface area contributed by atoms with E-state index in [0.717, 1.165) is 10.9 Å². The van der Waals surface area contributed by atoms with Crippen LogP contribution in [0.1, 0.15) is 11.1 Å². The standard InChI is InChI=1S/C20H14N2O3/c1-25-18-9-5-3-7-15(18)19(16(12-21)20(23)24)14-10-11-22-17-8-4-2-6-13(14)17/h2-11H,1H3,(H,23,24)/b19-16+. The van der Waals surface area contributed by atoms with Crippen LogP contribution < -0.4 is 4.74 Å². The zero-order valence-electron chi connectivity index (χ0n) is 13.4. The van der Waals surface area contributed by atoms with Crippen molar-refractivity contribution in [2.45, 2.75) is 0 Å². The number of hydrogen-bond acceptors (Lipinski definition) is 4. The molecule has 0 unspecified atom stereocenters. The van der Waals surface area contributed by atoms with Crippen molar-refractivity contribution in [2.75, 3.05) is 7.11 Å². The van der Waals surface area contributed by atoms with Gasteiger partial charge in [0.05, 0.1) is 12.6 Å². The lowest BCUT2D eigenvalue weighted by molar-refractivity contribution is -0.132. The van der Waals surface area contributed by atoms with Crippen LogP contribution in [0.2, 0.25) is 0 Å². The zero-order valence-corrected chi connectivity index (χ0v) is 13.4. The maximum absolute atomic E-state index is 11.7. The molecule has 3 aromatic rings. The summed E-state index contributed by atoms with van der Waals surface area (Å²) < 4.78 is 5.38. The van der Waals surface area contributed by atoms with Crippen molar-refractivity contribution >= 4 is 22.4 Å². The topological polar surface area (TPSA) is 83.2 Å². The molecule has 0 saturated carbocycles. The number of ether oxygens (including phenoxy) is 1. The smallest absolute Gasteiger partial charge is 0.347 e. The van der Waals surface area contributed by atoms with Crippen LogP contribution in [0.3, 0.4) is 0 Å². The summed E-state index contributed by atoms with van der Waals surface area (Å²) in [7, 11) is 1.51. The van der Waals surface area contributed by atoms with Gasteiger partial charge in [0.25, 0.3) is 0 Å². The van der Waals surface area contributed by atoms with E-state index in [2.05, 4.69) is 4.98 Å². The third-order valence-electron chi connectivity index (χ3n) is 3.87. The lowest BCUT2D eigenvalue weighted by Gasteiger charge is -2.15. The number of carbonyl (C=O) groups is 1. The average molecular weight is 330 g/mol. The van der Waals surface area contributed by atoms with Gasteiger partial charge in [0.1, 0.15) is 17.4 Å². The molecule has 2 aromatic carbocycles. The molecule has 0 aliphatic rings. The molecular weight excluding hydrogens is 316 g/mol. The van der Waals surface area contributed by atoms with Crippen LogP contribution in [0.4, 0.5) is 0 Å². The van der Waals surface area contributed by atoms with E-state index in [1.54, 1.807) is 36.5 Å². The van der Waals surface area contributed by atoms with Crippen LogP contribution in [0.5, 0.6) is 5.75 Å². The number of benzene rings is 2. The molecule has 0 aliphatic heterocycles. The van der Waals surface area contributed by atoms with Gasteiger partial charge in [-0.25, -0.2) is 4.79 Å². The molecule has 5 heteroatoms. The SMILES string of the molecule is COc1ccccc1/C(=C(\C#N)C(=O)O)c1ccnc2ccccc12. The van der Waals surface area contributed by atoms with Gasteiger partial charge in [0.2, 0.25) is 0 Å². The minimum Gasteiger partial charge on any atom is -0.496 e. The summed E-state index contributed by atoms with van der Waals surface area (Å²) in [6.45, 7) is 0. The number of methoxy groups -OCH3 is 1. The van der Waals surface area contributed by atoms with Crippen molar-refractivity contribution in [2.24, 2.45) is 0 Å². The van der Waals surface area contributed by atoms with Crippen LogP contribution in [0.15, 0.2) is 66.4 Å². The number of fused-ring (bicyclic) bond motifs is 1. The van der Waals surface area contributed by atoms with Crippen LogP contribution in [0.25, 0.3) is 16.5 Å². The summed E-state index contributed by atoms with van der Waals surface area (Å²) in [4.78, 5) is 16.0. The van der Waals surface area contributed by atoms with Gasteiger partial charge in [0, 0.05) is 22.7 Å². The van der Waals surface area contributed by atoms with Gasteiger partial charge in [-0.2, -0.15) is 5.26 Å². The van der Waals surface area contributed by atoms with E-state index in [9.17, 15) is 15.2 Å². The normalized spacial score (nSPS) is 11.5. The number of aliphatic carboxylic acids is 1. The number of para-hydroxylation sites is 2. The maximum atomic E-state index is 11.7. The minimum absolute atomic E-state index is 0.311. The van der Waals surface area contributed by atoms with Gasteiger partial charge >= 0.3 is 5.97 Å². The predicted octanol–water partition coefficient (Wildman–Crippen LogP) is 3.65. The lowest BCUT2D eigenvalue weighted by atomic mass is 9.90. The minimum atomic E-state index is -1.29. The summed E-state index contributed by atoms with van der Waals surface area (Å²) >= 11 is 0. The Labute approximate surface area is 144 Å². The van der Waals surface area contributed by atoms with Gasteiger partial charge in [-0.15, -0.1) is 0 Å². The third kappa shape index (κ3) is 2.93. The number of carboxylic acids is 1. The highest BCUT2D eigenvalue weighted by molar-refractivity contribution is 6.08. The Morgan fingerprint density at radius 1 is 1.08 bits per heavy atom. The zero-order chi connectivity index (χ0) is 17.8. The highest BCUT2D eigenvalue weighted by Crippen LogP contribution is 2.36. The maximum Gasteiger partial charge on any atom is 0.347 e. The second kappa shape index (κ2) is 6.85. The van der Waals surface area contributed by atoms with Crippen molar-refractivity contribution in [3.05, 3.63) is 77.5 Å². The number of pyridine rings is 1. The number of carboxylic acid groups (broad SMARTS) is 1. The molecule has 25 heavy (non-hydrogen) atoms. The van der Waals surface area contributed by atoms with E-state index in [4.69, 9.17) is 4.74 Å². The Morgan fingerprint density at radius 2 is 1.80 bits per heavy atom. The van der Waals surface area contributed by atoms with Gasteiger partial charge in [-0.1, -0.05) is 36.4 Å². The summed E-state index contributed by atoms with van der Waals surface area (Å²) in [6, 6.07) is 18.0. The van der Waals surface area contributed by atoms with Crippen molar-refractivity contribution in [1.29, 1.82) is 5.26 Å². The van der Waals surface area contributed by atoms with Crippen molar-refractivity contribution in [3.8, 4) is 11.8 Å². The van der Waals surface area contributed by atoms with Gasteiger partial charge in [0.15, 0.2) is 0 Å². The van der Waals surface area contributed by atoms with E-state index in [1.807, 2.05) is 30.3 Å². The lowest BCUT2D eigenvalue weighted by Crippen LogP contribution is -2.05. The molecule has 3 rings (SSSR count). The monoisotopic (exact) mass is 330 g/mol. The average Bonchev–Trinajstić information content (AvgIpc) is 2.65. The van der Waals surface area contributed by atoms with Gasteiger partial charge in [-0.3, -0.25) is 4.98 Å². The van der Waals surface area contributed by atoms with E-state index in [1.165, 1.54) is 7.11 Å². The van der Waals surface area contributed by atoms with Crippen molar-refractivity contribution in [3.63, 3.8) is 0 Å². The first-order chi connectivity index (χ1) is 12.2. The first-order valence-electron chi connectivity index (χ1n) is 7.52. The van der Waals surface area contributed by atoms with E-state index < -0.39 is 5.97 Å². The summed E-state index contributed by atoms with van der Waals surface area (Å²) in [5, 5.41) is 19.8. The molecule has 1 N–H and O–H groups in total. The van der Waals surface area contributed by atoms with E-state index in [0.29, 0.717) is 22.4 Å². The Bertz CT molecular complexity index is 1030. The van der Waals surface area contributed by atoms with Crippen molar-refractivity contribution < 1.29 is 14.6 Å². The second-order valence-corrected chi connectivity index (χ2v) is 5.24. The largest absolute Gasteiger partial charge is 0.496 e. The quantitative estimate of drug-likeness (QED) is 0.583. The fourth-order valence-electron chi connectivity index (χ4n) is 2.79. The van der Waals surface area contributed by atoms with Crippen LogP contribution >= 0.6 is 0 Å². The van der Waals surface area contributed by atoms with E-state index >= 15 is 0 Å².